The maximum absolute atomic E-state index is 12.3. The fourth-order valence-corrected chi connectivity index (χ4v) is 2.78. The van der Waals surface area contributed by atoms with E-state index in [2.05, 4.69) is 15.3 Å². The van der Waals surface area contributed by atoms with E-state index in [0.717, 1.165) is 16.7 Å². The van der Waals surface area contributed by atoms with Crippen LogP contribution >= 0.6 is 22.9 Å². The van der Waals surface area contributed by atoms with Crippen LogP contribution in [0.2, 0.25) is 5.15 Å². The maximum Gasteiger partial charge on any atom is 0.304 e. The molecule has 3 rings (SSSR count). The molecule has 0 aliphatic rings. The number of hydrogen-bond acceptors (Lipinski definition) is 4. The lowest BCUT2D eigenvalue weighted by Gasteiger charge is -2.07. The van der Waals surface area contributed by atoms with Gasteiger partial charge in [0, 0.05) is 16.5 Å². The molecule has 5 nitrogen and oxygen atoms in total. The predicted octanol–water partition coefficient (Wildman–Crippen LogP) is 2.57. The summed E-state index contributed by atoms with van der Waals surface area (Å²) in [6.45, 7) is 0.256. The summed E-state index contributed by atoms with van der Waals surface area (Å²) >= 11 is 7.01. The van der Waals surface area contributed by atoms with E-state index in [-0.39, 0.29) is 22.5 Å². The number of H-pyrrole nitrogens is 1. The number of benzene rings is 1. The van der Waals surface area contributed by atoms with Crippen molar-refractivity contribution < 1.29 is 4.79 Å². The molecule has 0 fully saturated rings. The molecule has 2 heterocycles. The Bertz CT molecular complexity index is 872. The number of aromatic amines is 1. The standard InChI is InChI=1S/C14H10ClN3O2S/c15-12-5-10(9-3-1-2-4-11(9)18-12)13(19)16-6-8-7-21-14(20)17-8/h1-5,7H,6H2,(H,16,19)(H,17,20). The van der Waals surface area contributed by atoms with Crippen LogP contribution in [0.15, 0.2) is 40.5 Å². The number of carbonyl (C=O) groups is 1. The maximum atomic E-state index is 12.3. The van der Waals surface area contributed by atoms with Gasteiger partial charge in [0.2, 0.25) is 0 Å². The lowest BCUT2D eigenvalue weighted by atomic mass is 10.1. The van der Waals surface area contributed by atoms with Crippen LogP contribution in [-0.2, 0) is 6.54 Å². The van der Waals surface area contributed by atoms with Gasteiger partial charge in [0.25, 0.3) is 5.91 Å². The molecule has 21 heavy (non-hydrogen) atoms. The Labute approximate surface area is 128 Å². The normalized spacial score (nSPS) is 10.7. The lowest BCUT2D eigenvalue weighted by molar-refractivity contribution is 0.0952. The van der Waals surface area contributed by atoms with Gasteiger partial charge in [-0.3, -0.25) is 9.59 Å². The van der Waals surface area contributed by atoms with E-state index in [9.17, 15) is 9.59 Å². The summed E-state index contributed by atoms with van der Waals surface area (Å²) in [6.07, 6.45) is 0. The van der Waals surface area contributed by atoms with E-state index < -0.39 is 0 Å². The molecule has 0 unspecified atom stereocenters. The minimum Gasteiger partial charge on any atom is -0.346 e. The summed E-state index contributed by atoms with van der Waals surface area (Å²) in [5.41, 5.74) is 1.80. The van der Waals surface area contributed by atoms with E-state index >= 15 is 0 Å². The predicted molar refractivity (Wildman–Crippen MR) is 82.9 cm³/mol. The molecule has 2 N–H and O–H groups in total. The first-order valence-electron chi connectivity index (χ1n) is 6.13. The van der Waals surface area contributed by atoms with Crippen LogP contribution in [0.1, 0.15) is 16.1 Å². The number of carbonyl (C=O) groups excluding carboxylic acids is 1. The number of nitrogens with zero attached hydrogens (tertiary/aromatic N) is 1. The Kier molecular flexibility index (Phi) is 3.72. The highest BCUT2D eigenvalue weighted by Crippen LogP contribution is 2.20. The number of nitrogens with one attached hydrogen (secondary N) is 2. The second kappa shape index (κ2) is 5.67. The van der Waals surface area contributed by atoms with Gasteiger partial charge < -0.3 is 10.3 Å². The molecule has 0 atom stereocenters. The topological polar surface area (TPSA) is 74.8 Å². The third-order valence-corrected chi connectivity index (χ3v) is 3.85. The Morgan fingerprint density at radius 1 is 1.38 bits per heavy atom. The average molecular weight is 320 g/mol. The fraction of sp³-hybridized carbons (Fsp3) is 0.0714. The molecule has 0 aliphatic heterocycles. The van der Waals surface area contributed by atoms with Crippen LogP contribution in [0.25, 0.3) is 10.9 Å². The van der Waals surface area contributed by atoms with Crippen LogP contribution in [-0.4, -0.2) is 15.9 Å². The highest BCUT2D eigenvalue weighted by atomic mass is 35.5. The number of para-hydroxylation sites is 1. The first-order valence-corrected chi connectivity index (χ1v) is 7.39. The second-order valence-corrected chi connectivity index (χ2v) is 5.60. The summed E-state index contributed by atoms with van der Waals surface area (Å²) in [7, 11) is 0. The Hall–Kier alpha value is -2.18. The summed E-state index contributed by atoms with van der Waals surface area (Å²) in [6, 6.07) is 8.83. The molecule has 0 saturated carbocycles. The lowest BCUT2D eigenvalue weighted by Crippen LogP contribution is -2.23. The molecular weight excluding hydrogens is 310 g/mol. The van der Waals surface area contributed by atoms with Gasteiger partial charge in [0.1, 0.15) is 5.15 Å². The van der Waals surface area contributed by atoms with E-state index in [1.165, 1.54) is 6.07 Å². The van der Waals surface area contributed by atoms with Gasteiger partial charge >= 0.3 is 4.87 Å². The first kappa shape index (κ1) is 13.8. The van der Waals surface area contributed by atoms with Crippen LogP contribution in [0.3, 0.4) is 0 Å². The van der Waals surface area contributed by atoms with Crippen molar-refractivity contribution in [3.63, 3.8) is 0 Å². The fourth-order valence-electron chi connectivity index (χ4n) is 2.00. The number of halogens is 1. The molecule has 1 aromatic carbocycles. The summed E-state index contributed by atoms with van der Waals surface area (Å²) in [4.78, 5) is 30.0. The van der Waals surface area contributed by atoms with Gasteiger partial charge in [-0.1, -0.05) is 41.1 Å². The van der Waals surface area contributed by atoms with E-state index in [4.69, 9.17) is 11.6 Å². The Morgan fingerprint density at radius 3 is 2.95 bits per heavy atom. The van der Waals surface area contributed by atoms with Crippen LogP contribution in [0.5, 0.6) is 0 Å². The van der Waals surface area contributed by atoms with Crippen molar-refractivity contribution in [2.45, 2.75) is 6.54 Å². The SMILES string of the molecule is O=C(NCc1csc(=O)[nH]1)c1cc(Cl)nc2ccccc12. The summed E-state index contributed by atoms with van der Waals surface area (Å²) in [5.74, 6) is -0.262. The van der Waals surface area contributed by atoms with Crippen LogP contribution in [0, 0.1) is 0 Å². The van der Waals surface area contributed by atoms with E-state index in [0.29, 0.717) is 16.8 Å². The molecular formula is C14H10ClN3O2S. The van der Waals surface area contributed by atoms with Gasteiger partial charge in [0.15, 0.2) is 0 Å². The zero-order valence-corrected chi connectivity index (χ0v) is 12.3. The molecule has 106 valence electrons. The molecule has 1 amide bonds. The van der Waals surface area contributed by atoms with Crippen molar-refractivity contribution >= 4 is 39.7 Å². The zero-order valence-electron chi connectivity index (χ0n) is 10.7. The van der Waals surface area contributed by atoms with E-state index in [1.54, 1.807) is 11.4 Å². The number of pyridine rings is 1. The van der Waals surface area contributed by atoms with E-state index in [1.807, 2.05) is 18.2 Å². The van der Waals surface area contributed by atoms with Crippen LogP contribution < -0.4 is 10.2 Å². The smallest absolute Gasteiger partial charge is 0.304 e. The number of amides is 1. The number of hydrogen-bond donors (Lipinski definition) is 2. The zero-order chi connectivity index (χ0) is 14.8. The van der Waals surface area contributed by atoms with Gasteiger partial charge in [-0.25, -0.2) is 4.98 Å². The molecule has 0 spiro atoms. The first-order chi connectivity index (χ1) is 10.1. The highest BCUT2D eigenvalue weighted by Gasteiger charge is 2.12. The average Bonchev–Trinajstić information content (AvgIpc) is 2.89. The van der Waals surface area contributed by atoms with Crippen molar-refractivity contribution in [1.82, 2.24) is 15.3 Å². The van der Waals surface area contributed by atoms with Crippen molar-refractivity contribution in [3.05, 3.63) is 61.8 Å². The third kappa shape index (κ3) is 2.96. The third-order valence-electron chi connectivity index (χ3n) is 2.94. The minimum atomic E-state index is -0.262. The summed E-state index contributed by atoms with van der Waals surface area (Å²) in [5, 5.41) is 5.44. The second-order valence-electron chi connectivity index (χ2n) is 4.37. The summed E-state index contributed by atoms with van der Waals surface area (Å²) < 4.78 is 0. The van der Waals surface area contributed by atoms with Crippen LogP contribution in [0.4, 0.5) is 0 Å². The number of rotatable bonds is 3. The molecule has 0 aliphatic carbocycles. The van der Waals surface area contributed by atoms with Gasteiger partial charge in [-0.2, -0.15) is 0 Å². The number of thiazole rings is 1. The largest absolute Gasteiger partial charge is 0.346 e. The molecule has 7 heteroatoms. The Morgan fingerprint density at radius 2 is 2.19 bits per heavy atom. The van der Waals surface area contributed by atoms with Crippen molar-refractivity contribution in [2.24, 2.45) is 0 Å². The monoisotopic (exact) mass is 319 g/mol. The molecule has 3 aromatic rings. The molecule has 0 bridgehead atoms. The number of aromatic nitrogens is 2. The minimum absolute atomic E-state index is 0.142. The number of fused-ring (bicyclic) bond motifs is 1. The molecule has 0 saturated heterocycles. The molecule has 0 radical (unpaired) electrons. The highest BCUT2D eigenvalue weighted by molar-refractivity contribution is 7.07. The quantitative estimate of drug-likeness (QED) is 0.729. The molecule has 2 aromatic heterocycles. The van der Waals surface area contributed by atoms with Crippen molar-refractivity contribution in [2.75, 3.05) is 0 Å². The van der Waals surface area contributed by atoms with Gasteiger partial charge in [0.05, 0.1) is 17.6 Å². The van der Waals surface area contributed by atoms with Crippen molar-refractivity contribution in [1.29, 1.82) is 0 Å². The Balaban J connectivity index is 1.89. The van der Waals surface area contributed by atoms with Gasteiger partial charge in [-0.05, 0) is 12.1 Å². The van der Waals surface area contributed by atoms with Crippen molar-refractivity contribution in [3.8, 4) is 0 Å². The van der Waals surface area contributed by atoms with Gasteiger partial charge in [-0.15, -0.1) is 0 Å².